The van der Waals surface area contributed by atoms with Crippen molar-refractivity contribution in [2.24, 2.45) is 0 Å². The van der Waals surface area contributed by atoms with E-state index in [1.54, 1.807) is 22.7 Å². The average molecular weight is 697 g/mol. The zero-order valence-electron chi connectivity index (χ0n) is 36.3. The van der Waals surface area contributed by atoms with Gasteiger partial charge in [0.05, 0.1) is 29.4 Å². The third-order valence-corrected chi connectivity index (χ3v) is 11.6. The van der Waals surface area contributed by atoms with Crippen molar-refractivity contribution in [2.75, 3.05) is 0 Å². The van der Waals surface area contributed by atoms with Gasteiger partial charge >= 0.3 is 0 Å². The van der Waals surface area contributed by atoms with Gasteiger partial charge in [-0.25, -0.2) is 15.0 Å². The van der Waals surface area contributed by atoms with Gasteiger partial charge in [-0.05, 0) is 36.4 Å². The van der Waals surface area contributed by atoms with Gasteiger partial charge in [-0.15, -0.1) is 22.7 Å². The van der Waals surface area contributed by atoms with Crippen LogP contribution < -0.4 is 0 Å². The fourth-order valence-electron chi connectivity index (χ4n) is 6.99. The van der Waals surface area contributed by atoms with E-state index in [1.165, 1.54) is 30.9 Å². The van der Waals surface area contributed by atoms with Crippen molar-refractivity contribution in [2.45, 2.75) is 0 Å². The summed E-state index contributed by atoms with van der Waals surface area (Å²) in [6, 6.07) is 27.8. The molecule has 4 nitrogen and oxygen atoms in total. The predicted octanol–water partition coefficient (Wildman–Crippen LogP) is 12.7. The van der Waals surface area contributed by atoms with Crippen molar-refractivity contribution < 1.29 is 13.7 Å². The summed E-state index contributed by atoms with van der Waals surface area (Å²) in [4.78, 5) is 13.7. The second-order valence-electron chi connectivity index (χ2n) is 12.1. The van der Waals surface area contributed by atoms with E-state index in [0.29, 0.717) is 5.56 Å². The van der Waals surface area contributed by atoms with Gasteiger partial charge in [-0.3, -0.25) is 0 Å². The van der Waals surface area contributed by atoms with Gasteiger partial charge in [0.25, 0.3) is 0 Å². The first-order valence-corrected chi connectivity index (χ1v) is 17.8. The lowest BCUT2D eigenvalue weighted by molar-refractivity contribution is 1.07. The molecule has 0 fully saturated rings. The SMILES string of the molecule is [2H]c1c([2H])c([2H])c(-c2nc(-c3ccc4c(c3)sc3ccc(-n5c6ccccc6c6ccc7c8ccccc8sc7c65)cc34)nc(-c3c([2H])c([2H])c([2H])c([2H])c3[2H])n2)c([2H])c1[2H]. The van der Waals surface area contributed by atoms with Gasteiger partial charge in [0.1, 0.15) is 0 Å². The molecule has 0 aliphatic carbocycles. The first-order valence-electron chi connectivity index (χ1n) is 21.1. The third-order valence-electron chi connectivity index (χ3n) is 9.23. The molecule has 0 unspecified atom stereocenters. The van der Waals surface area contributed by atoms with E-state index in [1.807, 2.05) is 18.2 Å². The first kappa shape index (κ1) is 20.5. The van der Waals surface area contributed by atoms with Crippen LogP contribution in [0.3, 0.4) is 0 Å². The second kappa shape index (κ2) is 11.2. The van der Waals surface area contributed by atoms with Crippen LogP contribution in [0.1, 0.15) is 13.7 Å². The van der Waals surface area contributed by atoms with E-state index >= 15 is 0 Å². The van der Waals surface area contributed by atoms with Crippen molar-refractivity contribution in [3.05, 3.63) is 157 Å². The molecule has 11 aromatic rings. The van der Waals surface area contributed by atoms with Crippen molar-refractivity contribution in [1.29, 1.82) is 0 Å². The number of benzene rings is 7. The molecule has 51 heavy (non-hydrogen) atoms. The number of para-hydroxylation sites is 1. The van der Waals surface area contributed by atoms with Crippen LogP contribution in [0.25, 0.3) is 102 Å². The highest BCUT2D eigenvalue weighted by molar-refractivity contribution is 7.26. The number of fused-ring (bicyclic) bond motifs is 10. The molecule has 0 aliphatic heterocycles. The molecule has 0 radical (unpaired) electrons. The monoisotopic (exact) mass is 696 g/mol. The molecule has 0 saturated carbocycles. The minimum absolute atomic E-state index is 0.0244. The average Bonchev–Trinajstić information content (AvgIpc) is 3.95. The summed E-state index contributed by atoms with van der Waals surface area (Å²) in [6.45, 7) is 0. The summed E-state index contributed by atoms with van der Waals surface area (Å²) in [7, 11) is 0. The number of nitrogens with zero attached hydrogens (tertiary/aromatic N) is 4. The Kier molecular flexibility index (Phi) is 4.47. The lowest BCUT2D eigenvalue weighted by Gasteiger charge is -2.09. The van der Waals surface area contributed by atoms with E-state index in [9.17, 15) is 0 Å². The quantitative estimate of drug-likeness (QED) is 0.184. The molecule has 0 atom stereocenters. The van der Waals surface area contributed by atoms with Gasteiger partial charge in [-0.2, -0.15) is 0 Å². The number of hydrogen-bond acceptors (Lipinski definition) is 5. The van der Waals surface area contributed by atoms with E-state index in [2.05, 4.69) is 98.4 Å². The van der Waals surface area contributed by atoms with Crippen LogP contribution in [0.2, 0.25) is 0 Å². The van der Waals surface area contributed by atoms with Gasteiger partial charge in [0, 0.05) is 68.8 Å². The predicted molar refractivity (Wildman–Crippen MR) is 216 cm³/mol. The van der Waals surface area contributed by atoms with Crippen LogP contribution >= 0.6 is 22.7 Å². The molecule has 7 aromatic carbocycles. The van der Waals surface area contributed by atoms with Crippen LogP contribution in [-0.2, 0) is 0 Å². The molecule has 238 valence electrons. The molecule has 0 aliphatic rings. The fraction of sp³-hybridized carbons (Fsp3) is 0. The van der Waals surface area contributed by atoms with Crippen LogP contribution in [0.4, 0.5) is 0 Å². The van der Waals surface area contributed by atoms with E-state index in [-0.39, 0.29) is 28.6 Å². The molecule has 4 aromatic heterocycles. The van der Waals surface area contributed by atoms with E-state index < -0.39 is 60.4 Å². The number of aromatic nitrogens is 4. The van der Waals surface area contributed by atoms with Crippen molar-refractivity contribution in [3.63, 3.8) is 0 Å². The summed E-state index contributed by atoms with van der Waals surface area (Å²) in [5.74, 6) is -0.580. The third kappa shape index (κ3) is 4.47. The van der Waals surface area contributed by atoms with Gasteiger partial charge in [-0.1, -0.05) is 121 Å². The standard InChI is InChI=1S/C45H26N4S2/c1-3-11-27(12-4-1)43-46-44(28-13-5-2-6-14-28)48-45(47-43)29-19-21-33-36-26-30(20-24-39(36)50-40(33)25-29)49-37-17-9-7-15-31(37)34-22-23-35-32-16-8-10-18-38(32)51-42(35)41(34)49/h1-26H/i1D,2D,3D,4D,5D,6D,11D,12D,13D,14D. The highest BCUT2D eigenvalue weighted by atomic mass is 32.1. The summed E-state index contributed by atoms with van der Waals surface area (Å²) in [6.07, 6.45) is 0. The summed E-state index contributed by atoms with van der Waals surface area (Å²) in [5, 5.41) is 6.81. The van der Waals surface area contributed by atoms with E-state index in [4.69, 9.17) is 13.7 Å². The number of hydrogen-bond donors (Lipinski definition) is 0. The van der Waals surface area contributed by atoms with Crippen molar-refractivity contribution in [1.82, 2.24) is 19.5 Å². The van der Waals surface area contributed by atoms with Crippen LogP contribution in [0.15, 0.2) is 157 Å². The summed E-state index contributed by atoms with van der Waals surface area (Å²) in [5.41, 5.74) is 3.13. The Bertz CT molecular complexity index is 3600. The summed E-state index contributed by atoms with van der Waals surface area (Å²) < 4.78 is 90.8. The van der Waals surface area contributed by atoms with Gasteiger partial charge < -0.3 is 4.57 Å². The Morgan fingerprint density at radius 2 is 1.06 bits per heavy atom. The topological polar surface area (TPSA) is 43.6 Å². The molecule has 0 bridgehead atoms. The molecular formula is C45H26N4S2. The molecule has 0 amide bonds. The van der Waals surface area contributed by atoms with Crippen LogP contribution in [-0.4, -0.2) is 19.5 Å². The number of thiophene rings is 2. The fourth-order valence-corrected chi connectivity index (χ4v) is 9.36. The largest absolute Gasteiger partial charge is 0.308 e. The zero-order chi connectivity index (χ0) is 42.2. The minimum atomic E-state index is -0.595. The molecule has 0 N–H and O–H groups in total. The first-order chi connectivity index (χ1) is 29.4. The highest BCUT2D eigenvalue weighted by Gasteiger charge is 2.19. The zero-order valence-corrected chi connectivity index (χ0v) is 28.0. The van der Waals surface area contributed by atoms with Crippen LogP contribution in [0, 0.1) is 0 Å². The Balaban J connectivity index is 1.12. The normalized spacial score (nSPS) is 14.7. The Morgan fingerprint density at radius 3 is 1.82 bits per heavy atom. The summed E-state index contributed by atoms with van der Waals surface area (Å²) >= 11 is 3.37. The van der Waals surface area contributed by atoms with E-state index in [0.717, 1.165) is 36.9 Å². The highest BCUT2D eigenvalue weighted by Crippen LogP contribution is 2.44. The molecule has 0 saturated heterocycles. The van der Waals surface area contributed by atoms with Crippen molar-refractivity contribution in [3.8, 4) is 39.9 Å². The maximum atomic E-state index is 8.67. The lowest BCUT2D eigenvalue weighted by Crippen LogP contribution is -1.99. The van der Waals surface area contributed by atoms with Crippen LogP contribution in [0.5, 0.6) is 0 Å². The Morgan fingerprint density at radius 1 is 0.451 bits per heavy atom. The van der Waals surface area contributed by atoms with Gasteiger partial charge in [0.15, 0.2) is 17.5 Å². The second-order valence-corrected chi connectivity index (χ2v) is 14.2. The maximum Gasteiger partial charge on any atom is 0.164 e. The molecular weight excluding hydrogens is 661 g/mol. The minimum Gasteiger partial charge on any atom is -0.308 e. The molecule has 0 spiro atoms. The Hall–Kier alpha value is -6.21. The molecule has 4 heterocycles. The van der Waals surface area contributed by atoms with Gasteiger partial charge in [0.2, 0.25) is 0 Å². The van der Waals surface area contributed by atoms with Crippen molar-refractivity contribution >= 4 is 84.8 Å². The maximum absolute atomic E-state index is 8.67. The smallest absolute Gasteiger partial charge is 0.164 e. The molecule has 11 rings (SSSR count). The lowest BCUT2D eigenvalue weighted by atomic mass is 10.1. The molecule has 6 heteroatoms. The number of rotatable bonds is 4. The Labute approximate surface area is 314 Å².